The average molecular weight is 222 g/mol. The average Bonchev–Trinajstić information content (AvgIpc) is 2.38. The molecule has 0 radical (unpaired) electrons. The molecule has 2 aromatic heterocycles. The Morgan fingerprint density at radius 1 is 1.12 bits per heavy atom. The fourth-order valence-electron chi connectivity index (χ4n) is 1.72. The van der Waals surface area contributed by atoms with Crippen molar-refractivity contribution in [1.82, 2.24) is 15.2 Å². The highest BCUT2D eigenvalue weighted by atomic mass is 16.3. The molecule has 0 aliphatic carbocycles. The lowest BCUT2D eigenvalue weighted by atomic mass is 10.1. The fourth-order valence-corrected chi connectivity index (χ4v) is 1.72. The maximum atomic E-state index is 9.48. The van der Waals surface area contributed by atoms with Gasteiger partial charge >= 0.3 is 0 Å². The highest BCUT2D eigenvalue weighted by molar-refractivity contribution is 6.03. The number of hydrogen-bond donors (Lipinski definition) is 1. The van der Waals surface area contributed by atoms with E-state index < -0.39 is 0 Å². The predicted octanol–water partition coefficient (Wildman–Crippen LogP) is 1.76. The Balaban J connectivity index is 2.52. The molecule has 3 rings (SSSR count). The molecule has 5 nitrogen and oxygen atoms in total. The van der Waals surface area contributed by atoms with Crippen LogP contribution in [-0.4, -0.2) is 20.3 Å². The second kappa shape index (κ2) is 3.39. The molecule has 2 heterocycles. The van der Waals surface area contributed by atoms with Gasteiger partial charge in [-0.25, -0.2) is 4.98 Å². The first kappa shape index (κ1) is 9.48. The SMILES string of the molecule is N#Cc1cnc2nnc3ccc(O)cc3c2c1. The first-order valence-electron chi connectivity index (χ1n) is 4.93. The molecule has 0 saturated heterocycles. The third kappa shape index (κ3) is 1.43. The summed E-state index contributed by atoms with van der Waals surface area (Å²) in [7, 11) is 0. The molecule has 3 aromatic rings. The number of aromatic nitrogens is 3. The minimum atomic E-state index is 0.147. The zero-order valence-electron chi connectivity index (χ0n) is 8.62. The van der Waals surface area contributed by atoms with Crippen LogP contribution in [0.1, 0.15) is 5.56 Å². The number of pyridine rings is 1. The van der Waals surface area contributed by atoms with Gasteiger partial charge in [-0.3, -0.25) is 0 Å². The van der Waals surface area contributed by atoms with Crippen LogP contribution in [0.2, 0.25) is 0 Å². The van der Waals surface area contributed by atoms with Crippen molar-refractivity contribution in [3.63, 3.8) is 0 Å². The molecule has 0 amide bonds. The van der Waals surface area contributed by atoms with Crippen LogP contribution in [0, 0.1) is 11.3 Å². The number of benzene rings is 1. The number of fused-ring (bicyclic) bond motifs is 3. The molecule has 80 valence electrons. The quantitative estimate of drug-likeness (QED) is 0.586. The fraction of sp³-hybridized carbons (Fsp3) is 0. The van der Waals surface area contributed by atoms with E-state index in [-0.39, 0.29) is 5.75 Å². The van der Waals surface area contributed by atoms with Crippen molar-refractivity contribution < 1.29 is 5.11 Å². The summed E-state index contributed by atoms with van der Waals surface area (Å²) in [5.41, 5.74) is 1.57. The molecule has 5 heteroatoms. The summed E-state index contributed by atoms with van der Waals surface area (Å²) in [6.07, 6.45) is 1.45. The molecule has 0 spiro atoms. The van der Waals surface area contributed by atoms with E-state index in [1.54, 1.807) is 24.3 Å². The maximum absolute atomic E-state index is 9.48. The molecule has 0 bridgehead atoms. The van der Waals surface area contributed by atoms with Crippen molar-refractivity contribution in [2.75, 3.05) is 0 Å². The third-order valence-corrected chi connectivity index (χ3v) is 2.52. The van der Waals surface area contributed by atoms with Gasteiger partial charge in [-0.15, -0.1) is 10.2 Å². The van der Waals surface area contributed by atoms with Crippen LogP contribution in [0.25, 0.3) is 21.9 Å². The number of nitriles is 1. The zero-order valence-corrected chi connectivity index (χ0v) is 8.62. The van der Waals surface area contributed by atoms with E-state index >= 15 is 0 Å². The normalized spacial score (nSPS) is 10.5. The highest BCUT2D eigenvalue weighted by Gasteiger charge is 2.06. The van der Waals surface area contributed by atoms with Crippen LogP contribution in [-0.2, 0) is 0 Å². The third-order valence-electron chi connectivity index (χ3n) is 2.52. The standard InChI is InChI=1S/C12H6N4O/c13-5-7-3-10-9-4-8(17)1-2-11(9)15-16-12(10)14-6-7/h1-4,6,17H. The van der Waals surface area contributed by atoms with Gasteiger partial charge in [0.15, 0.2) is 5.65 Å². The molecule has 0 atom stereocenters. The molecule has 0 aliphatic heterocycles. The second-order valence-electron chi connectivity index (χ2n) is 3.61. The van der Waals surface area contributed by atoms with E-state index in [2.05, 4.69) is 15.2 Å². The van der Waals surface area contributed by atoms with Gasteiger partial charge in [-0.1, -0.05) is 0 Å². The minimum absolute atomic E-state index is 0.147. The van der Waals surface area contributed by atoms with Gasteiger partial charge in [-0.05, 0) is 24.3 Å². The number of rotatable bonds is 0. The molecule has 17 heavy (non-hydrogen) atoms. The number of phenolic OH excluding ortho intramolecular Hbond substituents is 1. The van der Waals surface area contributed by atoms with Gasteiger partial charge in [0.1, 0.15) is 11.8 Å². The van der Waals surface area contributed by atoms with Crippen LogP contribution in [0.5, 0.6) is 5.75 Å². The van der Waals surface area contributed by atoms with Crippen LogP contribution < -0.4 is 0 Å². The molecular weight excluding hydrogens is 216 g/mol. The summed E-state index contributed by atoms with van der Waals surface area (Å²) >= 11 is 0. The van der Waals surface area contributed by atoms with E-state index in [0.717, 1.165) is 5.39 Å². The van der Waals surface area contributed by atoms with Gasteiger partial charge in [0.2, 0.25) is 0 Å². The van der Waals surface area contributed by atoms with Crippen LogP contribution in [0.3, 0.4) is 0 Å². The van der Waals surface area contributed by atoms with Gasteiger partial charge in [0.05, 0.1) is 11.1 Å². The Labute approximate surface area is 96.0 Å². The Morgan fingerprint density at radius 3 is 2.82 bits per heavy atom. The van der Waals surface area contributed by atoms with Gasteiger partial charge in [0, 0.05) is 17.0 Å². The van der Waals surface area contributed by atoms with E-state index in [9.17, 15) is 5.11 Å². The highest BCUT2D eigenvalue weighted by Crippen LogP contribution is 2.24. The number of hydrogen-bond acceptors (Lipinski definition) is 5. The number of aromatic hydroxyl groups is 1. The first-order valence-corrected chi connectivity index (χ1v) is 4.93. The lowest BCUT2D eigenvalue weighted by Gasteiger charge is -2.02. The molecule has 1 N–H and O–H groups in total. The van der Waals surface area contributed by atoms with Crippen molar-refractivity contribution in [2.45, 2.75) is 0 Å². The predicted molar refractivity (Wildman–Crippen MR) is 61.2 cm³/mol. The summed E-state index contributed by atoms with van der Waals surface area (Å²) in [5.74, 6) is 0.147. The maximum Gasteiger partial charge on any atom is 0.182 e. The Hall–Kier alpha value is -2.74. The molecule has 1 aromatic carbocycles. The van der Waals surface area contributed by atoms with Gasteiger partial charge < -0.3 is 5.11 Å². The lowest BCUT2D eigenvalue weighted by molar-refractivity contribution is 0.476. The summed E-state index contributed by atoms with van der Waals surface area (Å²) in [6.45, 7) is 0. The van der Waals surface area contributed by atoms with E-state index in [0.29, 0.717) is 22.1 Å². The summed E-state index contributed by atoms with van der Waals surface area (Å²) in [4.78, 5) is 4.05. The summed E-state index contributed by atoms with van der Waals surface area (Å²) in [6, 6.07) is 8.53. The van der Waals surface area contributed by atoms with E-state index in [4.69, 9.17) is 5.26 Å². The zero-order chi connectivity index (χ0) is 11.8. The van der Waals surface area contributed by atoms with E-state index in [1.165, 1.54) is 6.20 Å². The van der Waals surface area contributed by atoms with Crippen LogP contribution in [0.4, 0.5) is 0 Å². The summed E-state index contributed by atoms with van der Waals surface area (Å²) < 4.78 is 0. The number of phenols is 1. The van der Waals surface area contributed by atoms with Crippen molar-refractivity contribution >= 4 is 21.9 Å². The molecule has 0 aliphatic rings. The Bertz CT molecular complexity index is 776. The van der Waals surface area contributed by atoms with Crippen molar-refractivity contribution in [2.24, 2.45) is 0 Å². The molecule has 0 unspecified atom stereocenters. The molecule has 0 saturated carbocycles. The monoisotopic (exact) mass is 222 g/mol. The van der Waals surface area contributed by atoms with Crippen molar-refractivity contribution in [3.05, 3.63) is 36.0 Å². The number of nitrogens with zero attached hydrogens (tertiary/aromatic N) is 4. The first-order chi connectivity index (χ1) is 8.28. The van der Waals surface area contributed by atoms with E-state index in [1.807, 2.05) is 6.07 Å². The minimum Gasteiger partial charge on any atom is -0.508 e. The lowest BCUT2D eigenvalue weighted by Crippen LogP contribution is -1.91. The summed E-state index contributed by atoms with van der Waals surface area (Å²) in [5, 5.41) is 27.7. The van der Waals surface area contributed by atoms with Crippen molar-refractivity contribution in [1.29, 1.82) is 5.26 Å². The van der Waals surface area contributed by atoms with Crippen molar-refractivity contribution in [3.8, 4) is 11.8 Å². The second-order valence-corrected chi connectivity index (χ2v) is 3.61. The van der Waals surface area contributed by atoms with Gasteiger partial charge in [0.25, 0.3) is 0 Å². The Kier molecular flexibility index (Phi) is 1.89. The van der Waals surface area contributed by atoms with Gasteiger partial charge in [-0.2, -0.15) is 5.26 Å². The molecule has 0 fully saturated rings. The molecular formula is C12H6N4O. The topological polar surface area (TPSA) is 82.7 Å². The van der Waals surface area contributed by atoms with Crippen LogP contribution >= 0.6 is 0 Å². The van der Waals surface area contributed by atoms with Crippen LogP contribution in [0.15, 0.2) is 30.5 Å². The largest absolute Gasteiger partial charge is 0.508 e. The Morgan fingerprint density at radius 2 is 2.00 bits per heavy atom. The smallest absolute Gasteiger partial charge is 0.182 e.